The number of halogens is 3. The van der Waals surface area contributed by atoms with Gasteiger partial charge in [-0.3, -0.25) is 4.79 Å². The summed E-state index contributed by atoms with van der Waals surface area (Å²) >= 11 is 0. The summed E-state index contributed by atoms with van der Waals surface area (Å²) in [5, 5.41) is 3.55. The first kappa shape index (κ1) is 16.7. The van der Waals surface area contributed by atoms with E-state index in [0.29, 0.717) is 24.1 Å². The summed E-state index contributed by atoms with van der Waals surface area (Å²) in [5.41, 5.74) is 0.354. The van der Waals surface area contributed by atoms with Crippen molar-refractivity contribution < 1.29 is 13.6 Å². The molecular weight excluding hydrogens is 322 g/mol. The summed E-state index contributed by atoms with van der Waals surface area (Å²) in [7, 11) is 0. The number of likely N-dealkylation sites (tertiary alicyclic amines) is 1. The molecule has 4 atom stereocenters. The normalized spacial score (nSPS) is 32.2. The van der Waals surface area contributed by atoms with Crippen LogP contribution < -0.4 is 5.32 Å². The maximum atomic E-state index is 13.8. The van der Waals surface area contributed by atoms with Crippen molar-refractivity contribution in [2.75, 3.05) is 13.1 Å². The fourth-order valence-electron chi connectivity index (χ4n) is 3.99. The third-order valence-corrected chi connectivity index (χ3v) is 5.30. The molecule has 4 unspecified atom stereocenters. The Morgan fingerprint density at radius 3 is 2.78 bits per heavy atom. The van der Waals surface area contributed by atoms with Gasteiger partial charge in [-0.2, -0.15) is 0 Å². The average Bonchev–Trinajstić information content (AvgIpc) is 3.20. The summed E-state index contributed by atoms with van der Waals surface area (Å²) in [6.07, 6.45) is 3.96. The molecule has 3 aliphatic rings. The molecule has 0 spiro atoms. The van der Waals surface area contributed by atoms with E-state index < -0.39 is 11.6 Å². The molecule has 1 aromatic carbocycles. The van der Waals surface area contributed by atoms with Crippen molar-refractivity contribution >= 4 is 18.3 Å². The second-order valence-corrected chi connectivity index (χ2v) is 6.83. The lowest BCUT2D eigenvalue weighted by atomic mass is 10.1. The molecule has 1 saturated carbocycles. The van der Waals surface area contributed by atoms with Gasteiger partial charge in [0, 0.05) is 31.1 Å². The van der Waals surface area contributed by atoms with Crippen LogP contribution in [0.25, 0.3) is 0 Å². The molecule has 23 heavy (non-hydrogen) atoms. The first-order chi connectivity index (χ1) is 10.6. The molecule has 1 N–H and O–H groups in total. The third-order valence-electron chi connectivity index (χ3n) is 5.30. The average molecular weight is 343 g/mol. The number of rotatable bonds is 2. The molecule has 126 valence electrons. The van der Waals surface area contributed by atoms with Crippen molar-refractivity contribution in [2.24, 2.45) is 5.92 Å². The largest absolute Gasteiger partial charge is 0.341 e. The fourth-order valence-corrected chi connectivity index (χ4v) is 3.99. The van der Waals surface area contributed by atoms with E-state index in [1.807, 2.05) is 4.90 Å². The van der Waals surface area contributed by atoms with E-state index in [-0.39, 0.29) is 30.2 Å². The first-order valence-electron chi connectivity index (χ1n) is 8.11. The van der Waals surface area contributed by atoms with E-state index >= 15 is 0 Å². The van der Waals surface area contributed by atoms with Gasteiger partial charge in [-0.25, -0.2) is 8.78 Å². The Morgan fingerprint density at radius 1 is 1.17 bits per heavy atom. The molecule has 1 aliphatic carbocycles. The summed E-state index contributed by atoms with van der Waals surface area (Å²) in [5.74, 6) is -1.06. The minimum atomic E-state index is -0.439. The Kier molecular flexibility index (Phi) is 4.61. The molecule has 6 heteroatoms. The fraction of sp³-hybridized carbons (Fsp3) is 0.588. The third kappa shape index (κ3) is 3.22. The van der Waals surface area contributed by atoms with Crippen LogP contribution in [0, 0.1) is 17.6 Å². The van der Waals surface area contributed by atoms with E-state index in [1.54, 1.807) is 0 Å². The van der Waals surface area contributed by atoms with Gasteiger partial charge in [-0.1, -0.05) is 0 Å². The van der Waals surface area contributed by atoms with Crippen molar-refractivity contribution in [3.8, 4) is 0 Å². The van der Waals surface area contributed by atoms with Crippen LogP contribution in [-0.4, -0.2) is 36.0 Å². The molecule has 2 bridgehead atoms. The number of benzene rings is 1. The van der Waals surface area contributed by atoms with Crippen molar-refractivity contribution in [3.63, 3.8) is 0 Å². The van der Waals surface area contributed by atoms with Gasteiger partial charge in [-0.15, -0.1) is 12.4 Å². The monoisotopic (exact) mass is 342 g/mol. The smallest absolute Gasteiger partial charge is 0.226 e. The lowest BCUT2D eigenvalue weighted by Gasteiger charge is -2.24. The van der Waals surface area contributed by atoms with Crippen molar-refractivity contribution in [3.05, 3.63) is 35.4 Å². The van der Waals surface area contributed by atoms with Gasteiger partial charge in [0.15, 0.2) is 0 Å². The molecule has 3 nitrogen and oxygen atoms in total. The van der Waals surface area contributed by atoms with Gasteiger partial charge in [0.2, 0.25) is 5.91 Å². The van der Waals surface area contributed by atoms with Gasteiger partial charge in [-0.05, 0) is 55.4 Å². The van der Waals surface area contributed by atoms with Crippen LogP contribution >= 0.6 is 12.4 Å². The minimum Gasteiger partial charge on any atom is -0.341 e. The molecule has 2 aliphatic heterocycles. The van der Waals surface area contributed by atoms with Gasteiger partial charge in [0.1, 0.15) is 11.6 Å². The highest BCUT2D eigenvalue weighted by Gasteiger charge is 2.47. The van der Waals surface area contributed by atoms with Crippen LogP contribution in [0.1, 0.15) is 37.2 Å². The summed E-state index contributed by atoms with van der Waals surface area (Å²) in [6.45, 7) is 1.53. The minimum absolute atomic E-state index is 0. The lowest BCUT2D eigenvalue weighted by Crippen LogP contribution is -2.40. The highest BCUT2D eigenvalue weighted by molar-refractivity contribution is 5.85. The number of carbonyl (C=O) groups is 1. The molecule has 1 amide bonds. The summed E-state index contributed by atoms with van der Waals surface area (Å²) in [6, 6.07) is 4.45. The molecule has 2 heterocycles. The Morgan fingerprint density at radius 2 is 1.96 bits per heavy atom. The Balaban J connectivity index is 0.00000156. The molecular formula is C17H21ClF2N2O. The zero-order valence-corrected chi connectivity index (χ0v) is 13.6. The Hall–Kier alpha value is -1.20. The molecule has 2 saturated heterocycles. The van der Waals surface area contributed by atoms with E-state index in [9.17, 15) is 13.6 Å². The highest BCUT2D eigenvalue weighted by Crippen LogP contribution is 2.49. The standard InChI is InChI=1S/C17H20F2N2O.ClH/c18-10-1-4-16(19)14(7-10)13-8-15(13)17(22)21-6-5-11-2-3-12(9-21)20-11;/h1,4,7,11-13,15,20H,2-3,5-6,8-9H2;1H. The van der Waals surface area contributed by atoms with E-state index in [4.69, 9.17) is 0 Å². The number of nitrogens with one attached hydrogen (secondary N) is 1. The second-order valence-electron chi connectivity index (χ2n) is 6.83. The Labute approximate surface area is 140 Å². The number of nitrogens with zero attached hydrogens (tertiary/aromatic N) is 1. The van der Waals surface area contributed by atoms with E-state index in [0.717, 1.165) is 38.1 Å². The molecule has 1 aromatic rings. The van der Waals surface area contributed by atoms with Crippen LogP contribution in [0.5, 0.6) is 0 Å². The van der Waals surface area contributed by atoms with Gasteiger partial charge >= 0.3 is 0 Å². The van der Waals surface area contributed by atoms with Crippen molar-refractivity contribution in [1.29, 1.82) is 0 Å². The number of carbonyl (C=O) groups excluding carboxylic acids is 1. The zero-order valence-electron chi connectivity index (χ0n) is 12.8. The maximum absolute atomic E-state index is 13.8. The van der Waals surface area contributed by atoms with Gasteiger partial charge < -0.3 is 10.2 Å². The molecule has 0 radical (unpaired) electrons. The van der Waals surface area contributed by atoms with Crippen molar-refractivity contribution in [2.45, 2.75) is 43.7 Å². The number of hydrogen-bond donors (Lipinski definition) is 1. The summed E-state index contributed by atoms with van der Waals surface area (Å²) < 4.78 is 27.1. The molecule has 3 fully saturated rings. The van der Waals surface area contributed by atoms with Gasteiger partial charge in [0.25, 0.3) is 0 Å². The highest BCUT2D eigenvalue weighted by atomic mass is 35.5. The van der Waals surface area contributed by atoms with Crippen LogP contribution in [0.15, 0.2) is 18.2 Å². The van der Waals surface area contributed by atoms with Gasteiger partial charge in [0.05, 0.1) is 0 Å². The first-order valence-corrected chi connectivity index (χ1v) is 8.11. The van der Waals surface area contributed by atoms with Crippen LogP contribution in [0.2, 0.25) is 0 Å². The van der Waals surface area contributed by atoms with Crippen molar-refractivity contribution in [1.82, 2.24) is 10.2 Å². The van der Waals surface area contributed by atoms with Crippen LogP contribution in [0.3, 0.4) is 0 Å². The predicted molar refractivity (Wildman–Crippen MR) is 85.6 cm³/mol. The number of fused-ring (bicyclic) bond motifs is 2. The summed E-state index contributed by atoms with van der Waals surface area (Å²) in [4.78, 5) is 14.6. The second kappa shape index (κ2) is 6.36. The van der Waals surface area contributed by atoms with E-state index in [1.165, 1.54) is 12.5 Å². The quantitative estimate of drug-likeness (QED) is 0.896. The SMILES string of the molecule is Cl.O=C(C1CC1c1cc(F)ccc1F)N1CCC2CCC(C1)N2. The molecule has 4 rings (SSSR count). The topological polar surface area (TPSA) is 32.3 Å². The zero-order chi connectivity index (χ0) is 15.3. The van der Waals surface area contributed by atoms with Crippen LogP contribution in [-0.2, 0) is 4.79 Å². The maximum Gasteiger partial charge on any atom is 0.226 e. The lowest BCUT2D eigenvalue weighted by molar-refractivity contribution is -0.132. The number of amides is 1. The Bertz CT molecular complexity index is 612. The van der Waals surface area contributed by atoms with E-state index in [2.05, 4.69) is 5.32 Å². The van der Waals surface area contributed by atoms with Crippen LogP contribution in [0.4, 0.5) is 8.78 Å². The molecule has 0 aromatic heterocycles. The predicted octanol–water partition coefficient (Wildman–Crippen LogP) is 2.84. The number of hydrogen-bond acceptors (Lipinski definition) is 2.